The number of nitrogens with one attached hydrogen (secondary N) is 1. The fourth-order valence-corrected chi connectivity index (χ4v) is 7.63. The molecular weight excluding hydrogens is 453 g/mol. The number of pyridine rings is 1. The number of amides is 1. The minimum Gasteiger partial charge on any atom is -0.411 e. The Morgan fingerprint density at radius 1 is 1.28 bits per heavy atom. The summed E-state index contributed by atoms with van der Waals surface area (Å²) in [4.78, 5) is 17.0. The Hall–Kier alpha value is -2.76. The van der Waals surface area contributed by atoms with Gasteiger partial charge < -0.3 is 10.5 Å². The largest absolute Gasteiger partial charge is 0.411 e. The highest BCUT2D eigenvalue weighted by Gasteiger charge is 2.57. The van der Waals surface area contributed by atoms with E-state index in [9.17, 15) is 14.4 Å². The number of hydrogen-bond acceptors (Lipinski definition) is 4. The normalized spacial score (nSPS) is 30.1. The number of carbonyl (C=O) groups excluding carboxylic acids is 1. The van der Waals surface area contributed by atoms with Gasteiger partial charge in [0.15, 0.2) is 0 Å². The summed E-state index contributed by atoms with van der Waals surface area (Å²) in [6, 6.07) is 9.43. The number of oxime groups is 1. The van der Waals surface area contributed by atoms with Gasteiger partial charge in [-0.05, 0) is 103 Å². The molecule has 1 heterocycles. The summed E-state index contributed by atoms with van der Waals surface area (Å²) < 4.78 is 14.5. The summed E-state index contributed by atoms with van der Waals surface area (Å²) in [5, 5.41) is 16.6. The molecule has 3 aliphatic carbocycles. The fraction of sp³-hybridized carbons (Fsp3) is 0.567. The van der Waals surface area contributed by atoms with E-state index in [0.29, 0.717) is 41.8 Å². The van der Waals surface area contributed by atoms with Crippen molar-refractivity contribution in [3.05, 3.63) is 59.0 Å². The van der Waals surface area contributed by atoms with Crippen molar-refractivity contribution < 1.29 is 14.4 Å². The summed E-state index contributed by atoms with van der Waals surface area (Å²) in [5.74, 6) is 2.51. The second-order valence-corrected chi connectivity index (χ2v) is 11.7. The molecule has 0 spiro atoms. The van der Waals surface area contributed by atoms with Crippen molar-refractivity contribution in [3.63, 3.8) is 0 Å². The molecule has 1 aromatic heterocycles. The number of rotatable bonds is 6. The van der Waals surface area contributed by atoms with Crippen LogP contribution in [0.25, 0.3) is 0 Å². The molecule has 2 N–H and O–H groups in total. The van der Waals surface area contributed by atoms with Crippen molar-refractivity contribution in [2.24, 2.45) is 28.3 Å². The fourth-order valence-electron chi connectivity index (χ4n) is 7.63. The number of fused-ring (bicyclic) bond motifs is 5. The highest BCUT2D eigenvalue weighted by Crippen LogP contribution is 2.62. The lowest BCUT2D eigenvalue weighted by atomic mass is 9.54. The average Bonchev–Trinajstić information content (AvgIpc) is 3.16. The average molecular weight is 492 g/mol. The maximum Gasteiger partial charge on any atom is 0.225 e. The number of hydrogen-bond donors (Lipinski definition) is 2. The summed E-state index contributed by atoms with van der Waals surface area (Å²) in [7, 11) is 0. The second-order valence-electron chi connectivity index (χ2n) is 11.7. The van der Waals surface area contributed by atoms with E-state index < -0.39 is 0 Å². The molecule has 6 heteroatoms. The molecule has 3 aliphatic rings. The highest BCUT2D eigenvalue weighted by atomic mass is 19.1. The Balaban J connectivity index is 1.26. The lowest BCUT2D eigenvalue weighted by Gasteiger charge is -2.50. The monoisotopic (exact) mass is 491 g/mol. The maximum atomic E-state index is 14.5. The van der Waals surface area contributed by atoms with Crippen LogP contribution in [0.2, 0.25) is 0 Å². The van der Waals surface area contributed by atoms with Gasteiger partial charge in [-0.15, -0.1) is 0 Å². The molecule has 2 saturated carbocycles. The smallest absolute Gasteiger partial charge is 0.225 e. The van der Waals surface area contributed by atoms with E-state index in [2.05, 4.69) is 42.3 Å². The van der Waals surface area contributed by atoms with Crippen molar-refractivity contribution in [1.82, 2.24) is 4.98 Å². The molecule has 36 heavy (non-hydrogen) atoms. The van der Waals surface area contributed by atoms with Gasteiger partial charge in [0.25, 0.3) is 0 Å². The van der Waals surface area contributed by atoms with Gasteiger partial charge in [-0.3, -0.25) is 4.79 Å². The van der Waals surface area contributed by atoms with Crippen molar-refractivity contribution in [2.45, 2.75) is 84.0 Å². The van der Waals surface area contributed by atoms with Crippen molar-refractivity contribution >= 4 is 17.4 Å². The van der Waals surface area contributed by atoms with E-state index in [1.165, 1.54) is 5.56 Å². The zero-order valence-electron chi connectivity index (χ0n) is 21.6. The van der Waals surface area contributed by atoms with Crippen LogP contribution in [0, 0.1) is 29.0 Å². The lowest BCUT2D eigenvalue weighted by Crippen LogP contribution is -2.44. The van der Waals surface area contributed by atoms with Gasteiger partial charge in [-0.1, -0.05) is 44.1 Å². The topological polar surface area (TPSA) is 74.6 Å². The zero-order valence-corrected chi connectivity index (χ0v) is 21.6. The molecule has 5 atom stereocenters. The minimum absolute atomic E-state index is 0.0137. The van der Waals surface area contributed by atoms with E-state index in [4.69, 9.17) is 0 Å². The molecule has 192 valence electrons. The number of nitrogens with zero attached hydrogens (tertiary/aromatic N) is 2. The number of halogens is 1. The predicted octanol–water partition coefficient (Wildman–Crippen LogP) is 7.07. The Morgan fingerprint density at radius 3 is 2.83 bits per heavy atom. The first kappa shape index (κ1) is 24.9. The molecule has 1 aromatic carbocycles. The molecule has 5 nitrogen and oxygen atoms in total. The second kappa shape index (κ2) is 9.95. The maximum absolute atomic E-state index is 14.5. The zero-order chi connectivity index (χ0) is 25.4. The van der Waals surface area contributed by atoms with Crippen LogP contribution in [-0.4, -0.2) is 21.8 Å². The third kappa shape index (κ3) is 4.44. The third-order valence-electron chi connectivity index (χ3n) is 9.41. The first-order chi connectivity index (χ1) is 17.3. The molecule has 3 unspecified atom stereocenters. The molecule has 2 aromatic rings. The Labute approximate surface area is 213 Å². The Bertz CT molecular complexity index is 1150. The summed E-state index contributed by atoms with van der Waals surface area (Å²) >= 11 is 0. The summed E-state index contributed by atoms with van der Waals surface area (Å²) in [6.45, 7) is 6.51. The summed E-state index contributed by atoms with van der Waals surface area (Å²) in [6.07, 6.45) is 8.49. The van der Waals surface area contributed by atoms with Crippen LogP contribution in [0.15, 0.2) is 41.7 Å². The molecule has 0 bridgehead atoms. The molecule has 0 radical (unpaired) electrons. The van der Waals surface area contributed by atoms with E-state index in [1.54, 1.807) is 6.07 Å². The van der Waals surface area contributed by atoms with Crippen LogP contribution < -0.4 is 5.32 Å². The SMILES string of the molecule is CC(C)c1ccc(NC(=O)CCC[C@@H]2C/C(=N\O)[C@@]3(C)CCC4c5cccc(F)c5CCC4C23)nc1. The van der Waals surface area contributed by atoms with Crippen LogP contribution in [0.1, 0.15) is 94.2 Å². The van der Waals surface area contributed by atoms with Crippen LogP contribution in [0.5, 0.6) is 0 Å². The van der Waals surface area contributed by atoms with Gasteiger partial charge in [0.05, 0.1) is 5.71 Å². The van der Waals surface area contributed by atoms with Gasteiger partial charge in [0.2, 0.25) is 5.91 Å². The van der Waals surface area contributed by atoms with E-state index in [0.717, 1.165) is 61.8 Å². The van der Waals surface area contributed by atoms with Crippen molar-refractivity contribution in [2.75, 3.05) is 5.32 Å². The number of benzene rings is 1. The molecule has 0 saturated heterocycles. The number of aromatic nitrogens is 1. The van der Waals surface area contributed by atoms with Crippen LogP contribution in [0.3, 0.4) is 0 Å². The van der Waals surface area contributed by atoms with Crippen molar-refractivity contribution in [3.8, 4) is 0 Å². The quantitative estimate of drug-likeness (QED) is 0.335. The standard InChI is InChI=1S/C30H38FN3O2/c1-18(2)20-10-13-27(32-17-20)33-28(35)9-4-6-19-16-26(34-36)30(3)15-14-22-21-7-5-8-25(31)23(21)11-12-24(22)29(19)30/h5,7-8,10,13,17-19,22,24,29,36H,4,6,9,11-12,14-16H2,1-3H3,(H,32,33,35)/b34-26+/t19-,22?,24?,29?,30-/m1/s1. The Kier molecular flexibility index (Phi) is 6.88. The highest BCUT2D eigenvalue weighted by molar-refractivity contribution is 5.92. The number of anilines is 1. The lowest BCUT2D eigenvalue weighted by molar-refractivity contribution is -0.116. The van der Waals surface area contributed by atoms with Crippen LogP contribution >= 0.6 is 0 Å². The molecule has 0 aliphatic heterocycles. The molecular formula is C30H38FN3O2. The van der Waals surface area contributed by atoms with Gasteiger partial charge >= 0.3 is 0 Å². The van der Waals surface area contributed by atoms with E-state index in [1.807, 2.05) is 24.4 Å². The van der Waals surface area contributed by atoms with E-state index >= 15 is 0 Å². The van der Waals surface area contributed by atoms with Crippen LogP contribution in [-0.2, 0) is 11.2 Å². The van der Waals surface area contributed by atoms with Gasteiger partial charge in [0.1, 0.15) is 11.6 Å². The predicted molar refractivity (Wildman–Crippen MR) is 140 cm³/mol. The van der Waals surface area contributed by atoms with Gasteiger partial charge in [0, 0.05) is 18.0 Å². The van der Waals surface area contributed by atoms with Crippen LogP contribution in [0.4, 0.5) is 10.2 Å². The first-order valence-electron chi connectivity index (χ1n) is 13.6. The molecule has 2 fully saturated rings. The Morgan fingerprint density at radius 2 is 2.11 bits per heavy atom. The van der Waals surface area contributed by atoms with E-state index in [-0.39, 0.29) is 17.1 Å². The van der Waals surface area contributed by atoms with Gasteiger partial charge in [-0.25, -0.2) is 9.37 Å². The van der Waals surface area contributed by atoms with Crippen molar-refractivity contribution in [1.29, 1.82) is 0 Å². The molecule has 1 amide bonds. The first-order valence-corrected chi connectivity index (χ1v) is 13.6. The number of carbonyl (C=O) groups is 1. The third-order valence-corrected chi connectivity index (χ3v) is 9.41. The molecule has 5 rings (SSSR count). The summed E-state index contributed by atoms with van der Waals surface area (Å²) in [5.41, 5.74) is 4.05. The van der Waals surface area contributed by atoms with Gasteiger partial charge in [-0.2, -0.15) is 0 Å². The minimum atomic E-state index is -0.115.